The maximum absolute atomic E-state index is 9.20. The number of aliphatic hydroxyl groups excluding tert-OH is 1. The van der Waals surface area contributed by atoms with E-state index in [9.17, 15) is 5.11 Å². The molecule has 1 aromatic carbocycles. The van der Waals surface area contributed by atoms with Crippen molar-refractivity contribution in [1.82, 2.24) is 33.7 Å². The SMILES string of the molecule is Cc1cc(C)n2ncc(-c3nccn3-c3ccc4c(c3)ncn4CCO)c2n1. The van der Waals surface area contributed by atoms with E-state index in [1.165, 1.54) is 0 Å². The van der Waals surface area contributed by atoms with Crippen molar-refractivity contribution < 1.29 is 5.11 Å². The van der Waals surface area contributed by atoms with Gasteiger partial charge in [0.25, 0.3) is 0 Å². The standard InChI is InChI=1S/C20H19N7O/c1-13-9-14(2)27-20(24-13)16(11-23-27)19-21-5-6-26(19)15-3-4-18-17(10-15)22-12-25(18)7-8-28/h3-6,9-12,28H,7-8H2,1-2H3. The molecule has 0 amide bonds. The predicted molar refractivity (Wildman–Crippen MR) is 105 cm³/mol. The highest BCUT2D eigenvalue weighted by Gasteiger charge is 2.16. The molecule has 0 atom stereocenters. The minimum Gasteiger partial charge on any atom is -0.395 e. The molecule has 0 aliphatic rings. The third-order valence-electron chi connectivity index (χ3n) is 4.88. The lowest BCUT2D eigenvalue weighted by molar-refractivity contribution is 0.278. The number of aliphatic hydroxyl groups is 1. The Kier molecular flexibility index (Phi) is 3.73. The van der Waals surface area contributed by atoms with Crippen molar-refractivity contribution in [2.75, 3.05) is 6.61 Å². The van der Waals surface area contributed by atoms with Gasteiger partial charge >= 0.3 is 0 Å². The monoisotopic (exact) mass is 373 g/mol. The molecule has 0 saturated heterocycles. The quantitative estimate of drug-likeness (QED) is 0.523. The van der Waals surface area contributed by atoms with Gasteiger partial charge in [-0.2, -0.15) is 5.10 Å². The summed E-state index contributed by atoms with van der Waals surface area (Å²) in [4.78, 5) is 13.7. The Morgan fingerprint density at radius 1 is 1.11 bits per heavy atom. The molecule has 0 unspecified atom stereocenters. The molecule has 0 bridgehead atoms. The molecule has 0 spiro atoms. The number of hydrogen-bond acceptors (Lipinski definition) is 5. The van der Waals surface area contributed by atoms with E-state index in [1.54, 1.807) is 12.5 Å². The van der Waals surface area contributed by atoms with E-state index in [1.807, 2.05) is 64.2 Å². The van der Waals surface area contributed by atoms with Gasteiger partial charge in [-0.05, 0) is 38.1 Å². The molecule has 8 nitrogen and oxygen atoms in total. The minimum atomic E-state index is 0.0828. The van der Waals surface area contributed by atoms with E-state index in [0.717, 1.165) is 45.1 Å². The van der Waals surface area contributed by atoms with E-state index in [2.05, 4.69) is 20.1 Å². The molecule has 28 heavy (non-hydrogen) atoms. The molecule has 140 valence electrons. The van der Waals surface area contributed by atoms with Gasteiger partial charge < -0.3 is 9.67 Å². The first-order valence-electron chi connectivity index (χ1n) is 9.07. The summed E-state index contributed by atoms with van der Waals surface area (Å²) in [5.41, 5.74) is 6.46. The zero-order valence-electron chi connectivity index (χ0n) is 15.6. The molecular formula is C20H19N7O. The van der Waals surface area contributed by atoms with Crippen LogP contribution in [0.5, 0.6) is 0 Å². The summed E-state index contributed by atoms with van der Waals surface area (Å²) >= 11 is 0. The van der Waals surface area contributed by atoms with Crippen LogP contribution in [0.4, 0.5) is 0 Å². The van der Waals surface area contributed by atoms with Gasteiger partial charge in [-0.1, -0.05) is 0 Å². The maximum Gasteiger partial charge on any atom is 0.166 e. The van der Waals surface area contributed by atoms with Crippen molar-refractivity contribution in [2.24, 2.45) is 0 Å². The van der Waals surface area contributed by atoms with Gasteiger partial charge in [0.15, 0.2) is 5.65 Å². The number of aromatic nitrogens is 7. The lowest BCUT2D eigenvalue weighted by atomic mass is 10.2. The largest absolute Gasteiger partial charge is 0.395 e. The van der Waals surface area contributed by atoms with Crippen LogP contribution in [0, 0.1) is 13.8 Å². The van der Waals surface area contributed by atoms with Crippen LogP contribution in [0.3, 0.4) is 0 Å². The number of fused-ring (bicyclic) bond motifs is 2. The van der Waals surface area contributed by atoms with Gasteiger partial charge in [0.2, 0.25) is 0 Å². The van der Waals surface area contributed by atoms with Crippen LogP contribution in [-0.4, -0.2) is 45.4 Å². The van der Waals surface area contributed by atoms with Crippen LogP contribution in [0.2, 0.25) is 0 Å². The van der Waals surface area contributed by atoms with Crippen molar-refractivity contribution in [3.8, 4) is 17.1 Å². The molecule has 8 heteroatoms. The van der Waals surface area contributed by atoms with Gasteiger partial charge in [0, 0.05) is 36.0 Å². The summed E-state index contributed by atoms with van der Waals surface area (Å²) in [6.45, 7) is 4.60. The maximum atomic E-state index is 9.20. The lowest BCUT2D eigenvalue weighted by Crippen LogP contribution is -2.01. The Balaban J connectivity index is 1.65. The normalized spacial score (nSPS) is 11.7. The molecule has 1 N–H and O–H groups in total. The van der Waals surface area contributed by atoms with Crippen molar-refractivity contribution >= 4 is 16.7 Å². The van der Waals surface area contributed by atoms with Crippen LogP contribution in [0.1, 0.15) is 11.4 Å². The van der Waals surface area contributed by atoms with Crippen molar-refractivity contribution in [3.05, 3.63) is 60.6 Å². The number of benzene rings is 1. The number of rotatable bonds is 4. The highest BCUT2D eigenvalue weighted by molar-refractivity contribution is 5.79. The first-order valence-corrected chi connectivity index (χ1v) is 9.07. The van der Waals surface area contributed by atoms with Gasteiger partial charge in [-0.15, -0.1) is 0 Å². The average Bonchev–Trinajstić information content (AvgIpc) is 3.39. The first kappa shape index (κ1) is 16.6. The molecule has 4 aromatic heterocycles. The first-order chi connectivity index (χ1) is 13.7. The van der Waals surface area contributed by atoms with Gasteiger partial charge in [0.1, 0.15) is 5.82 Å². The van der Waals surface area contributed by atoms with Crippen molar-refractivity contribution in [2.45, 2.75) is 20.4 Å². The topological polar surface area (TPSA) is 86.1 Å². The smallest absolute Gasteiger partial charge is 0.166 e. The van der Waals surface area contributed by atoms with Crippen molar-refractivity contribution in [1.29, 1.82) is 0 Å². The van der Waals surface area contributed by atoms with Crippen LogP contribution < -0.4 is 0 Å². The summed E-state index contributed by atoms with van der Waals surface area (Å²) in [5.74, 6) is 0.779. The molecule has 5 rings (SSSR count). The molecular weight excluding hydrogens is 354 g/mol. The van der Waals surface area contributed by atoms with E-state index in [-0.39, 0.29) is 6.61 Å². The Labute approximate surface area is 160 Å². The summed E-state index contributed by atoms with van der Waals surface area (Å²) < 4.78 is 5.79. The second-order valence-electron chi connectivity index (χ2n) is 6.79. The molecule has 5 aromatic rings. The highest BCUT2D eigenvalue weighted by atomic mass is 16.3. The molecule has 0 saturated carbocycles. The lowest BCUT2D eigenvalue weighted by Gasteiger charge is -2.08. The average molecular weight is 373 g/mol. The van der Waals surface area contributed by atoms with Gasteiger partial charge in [-0.25, -0.2) is 19.5 Å². The number of nitrogens with zero attached hydrogens (tertiary/aromatic N) is 7. The van der Waals surface area contributed by atoms with Crippen molar-refractivity contribution in [3.63, 3.8) is 0 Å². The minimum absolute atomic E-state index is 0.0828. The molecule has 4 heterocycles. The van der Waals surface area contributed by atoms with E-state index >= 15 is 0 Å². The number of aryl methyl sites for hydroxylation is 2. The van der Waals surface area contributed by atoms with Crippen LogP contribution in [0.25, 0.3) is 33.8 Å². The second-order valence-corrected chi connectivity index (χ2v) is 6.79. The molecule has 0 fully saturated rings. The van der Waals surface area contributed by atoms with Crippen LogP contribution in [0.15, 0.2) is 49.2 Å². The molecule has 0 aliphatic heterocycles. The Morgan fingerprint density at radius 3 is 2.86 bits per heavy atom. The van der Waals surface area contributed by atoms with Crippen LogP contribution in [-0.2, 0) is 6.54 Å². The summed E-state index contributed by atoms with van der Waals surface area (Å²) in [6, 6.07) is 8.06. The van der Waals surface area contributed by atoms with E-state index in [0.29, 0.717) is 6.54 Å². The summed E-state index contributed by atoms with van der Waals surface area (Å²) in [6.07, 6.45) is 7.26. The Morgan fingerprint density at radius 2 is 2.00 bits per heavy atom. The Hall–Kier alpha value is -3.52. The summed E-state index contributed by atoms with van der Waals surface area (Å²) in [5, 5.41) is 13.7. The fourth-order valence-corrected chi connectivity index (χ4v) is 3.63. The Bertz CT molecular complexity index is 1310. The fourth-order valence-electron chi connectivity index (χ4n) is 3.63. The zero-order chi connectivity index (χ0) is 19.3. The summed E-state index contributed by atoms with van der Waals surface area (Å²) in [7, 11) is 0. The highest BCUT2D eigenvalue weighted by Crippen LogP contribution is 2.27. The van der Waals surface area contributed by atoms with E-state index < -0.39 is 0 Å². The van der Waals surface area contributed by atoms with Crippen LogP contribution >= 0.6 is 0 Å². The molecule has 0 aliphatic carbocycles. The number of imidazole rings is 2. The second kappa shape index (κ2) is 6.28. The predicted octanol–water partition coefficient (Wildman–Crippen LogP) is 2.54. The third-order valence-corrected chi connectivity index (χ3v) is 4.88. The fraction of sp³-hybridized carbons (Fsp3) is 0.200. The zero-order valence-corrected chi connectivity index (χ0v) is 15.6. The number of hydrogen-bond donors (Lipinski definition) is 1. The van der Waals surface area contributed by atoms with E-state index in [4.69, 9.17) is 0 Å². The van der Waals surface area contributed by atoms with Gasteiger partial charge in [0.05, 0.1) is 35.7 Å². The van der Waals surface area contributed by atoms with Gasteiger partial charge in [-0.3, -0.25) is 4.57 Å². The molecule has 0 radical (unpaired) electrons. The third kappa shape index (κ3) is 2.49.